The highest BCUT2D eigenvalue weighted by molar-refractivity contribution is 7.91. The lowest BCUT2D eigenvalue weighted by Crippen LogP contribution is -2.41. The van der Waals surface area contributed by atoms with Gasteiger partial charge in [0.2, 0.25) is 0 Å². The molecule has 0 heterocycles. The number of methoxy groups -OCH3 is 1. The first-order valence-electron chi connectivity index (χ1n) is 5.53. The summed E-state index contributed by atoms with van der Waals surface area (Å²) in [5, 5.41) is 0. The maximum Gasteiger partial charge on any atom is 0.169 e. The van der Waals surface area contributed by atoms with Crippen LogP contribution in [0.15, 0.2) is 18.2 Å². The van der Waals surface area contributed by atoms with Gasteiger partial charge in [-0.1, -0.05) is 6.07 Å². The molecule has 0 bridgehead atoms. The SMILES string of the molecule is CCOc1cc(C(C)(N)S(C)(=O)=O)ccc1OC. The summed E-state index contributed by atoms with van der Waals surface area (Å²) >= 11 is 0. The molecule has 0 aliphatic heterocycles. The van der Waals surface area contributed by atoms with Gasteiger partial charge < -0.3 is 15.2 Å². The van der Waals surface area contributed by atoms with Crippen LogP contribution >= 0.6 is 0 Å². The van der Waals surface area contributed by atoms with Gasteiger partial charge in [0.1, 0.15) is 4.87 Å². The van der Waals surface area contributed by atoms with Crippen molar-refractivity contribution < 1.29 is 17.9 Å². The number of hydrogen-bond acceptors (Lipinski definition) is 5. The van der Waals surface area contributed by atoms with E-state index in [-0.39, 0.29) is 0 Å². The topological polar surface area (TPSA) is 78.6 Å². The van der Waals surface area contributed by atoms with E-state index in [4.69, 9.17) is 15.2 Å². The normalized spacial score (nSPS) is 14.9. The highest BCUT2D eigenvalue weighted by Gasteiger charge is 2.33. The fourth-order valence-electron chi connectivity index (χ4n) is 1.47. The molecule has 1 rings (SSSR count). The second-order valence-electron chi connectivity index (χ2n) is 4.18. The van der Waals surface area contributed by atoms with Crippen molar-refractivity contribution in [2.45, 2.75) is 18.7 Å². The van der Waals surface area contributed by atoms with Crippen molar-refractivity contribution in [2.75, 3.05) is 20.0 Å². The van der Waals surface area contributed by atoms with Crippen LogP contribution in [-0.4, -0.2) is 28.4 Å². The van der Waals surface area contributed by atoms with Crippen molar-refractivity contribution in [3.8, 4) is 11.5 Å². The third-order valence-corrected chi connectivity index (χ3v) is 4.58. The molecule has 0 saturated heterocycles. The summed E-state index contributed by atoms with van der Waals surface area (Å²) in [4.78, 5) is -1.45. The van der Waals surface area contributed by atoms with Crippen molar-refractivity contribution in [3.63, 3.8) is 0 Å². The third-order valence-electron chi connectivity index (χ3n) is 2.81. The van der Waals surface area contributed by atoms with Gasteiger partial charge >= 0.3 is 0 Å². The van der Waals surface area contributed by atoms with E-state index in [2.05, 4.69) is 0 Å². The average molecular weight is 273 g/mol. The van der Waals surface area contributed by atoms with E-state index in [1.54, 1.807) is 18.2 Å². The van der Waals surface area contributed by atoms with Crippen LogP contribution in [0.25, 0.3) is 0 Å². The van der Waals surface area contributed by atoms with Gasteiger partial charge in [-0.2, -0.15) is 0 Å². The number of benzene rings is 1. The zero-order valence-corrected chi connectivity index (χ0v) is 11.9. The van der Waals surface area contributed by atoms with E-state index in [0.717, 1.165) is 6.26 Å². The molecule has 6 heteroatoms. The molecule has 1 atom stereocenters. The number of hydrogen-bond donors (Lipinski definition) is 1. The summed E-state index contributed by atoms with van der Waals surface area (Å²) < 4.78 is 33.9. The quantitative estimate of drug-likeness (QED) is 0.874. The zero-order chi connectivity index (χ0) is 14.0. The van der Waals surface area contributed by atoms with Crippen molar-refractivity contribution in [3.05, 3.63) is 23.8 Å². The Bertz CT molecular complexity index is 523. The molecule has 0 fully saturated rings. The first-order chi connectivity index (χ1) is 8.24. The summed E-state index contributed by atoms with van der Waals surface area (Å²) in [6, 6.07) is 4.88. The minimum atomic E-state index is -3.43. The number of rotatable bonds is 5. The molecule has 1 unspecified atom stereocenters. The molecule has 5 nitrogen and oxygen atoms in total. The average Bonchev–Trinajstić information content (AvgIpc) is 2.28. The lowest BCUT2D eigenvalue weighted by Gasteiger charge is -2.24. The molecular formula is C12H19NO4S. The number of sulfone groups is 1. The molecule has 0 aliphatic rings. The summed E-state index contributed by atoms with van der Waals surface area (Å²) in [6.07, 6.45) is 1.11. The Kier molecular flexibility index (Phi) is 4.24. The predicted molar refractivity (Wildman–Crippen MR) is 70.5 cm³/mol. The van der Waals surface area contributed by atoms with E-state index >= 15 is 0 Å². The minimum absolute atomic E-state index is 0.458. The Morgan fingerprint density at radius 2 is 1.94 bits per heavy atom. The second-order valence-corrected chi connectivity index (χ2v) is 6.57. The summed E-state index contributed by atoms with van der Waals surface area (Å²) in [7, 11) is -1.90. The van der Waals surface area contributed by atoms with Crippen molar-refractivity contribution in [2.24, 2.45) is 5.73 Å². The summed E-state index contributed by atoms with van der Waals surface area (Å²) in [5.74, 6) is 1.03. The third kappa shape index (κ3) is 2.76. The lowest BCUT2D eigenvalue weighted by molar-refractivity contribution is 0.310. The molecule has 18 heavy (non-hydrogen) atoms. The van der Waals surface area contributed by atoms with E-state index in [9.17, 15) is 8.42 Å². The molecular weight excluding hydrogens is 254 g/mol. The fraction of sp³-hybridized carbons (Fsp3) is 0.500. The molecule has 1 aromatic carbocycles. The smallest absolute Gasteiger partial charge is 0.169 e. The van der Waals surface area contributed by atoms with E-state index in [0.29, 0.717) is 23.7 Å². The molecule has 102 valence electrons. The number of ether oxygens (including phenoxy) is 2. The first kappa shape index (κ1) is 14.8. The van der Waals surface area contributed by atoms with E-state index in [1.807, 2.05) is 6.92 Å². The van der Waals surface area contributed by atoms with Crippen molar-refractivity contribution in [1.82, 2.24) is 0 Å². The van der Waals surface area contributed by atoms with Gasteiger partial charge in [-0.15, -0.1) is 0 Å². The minimum Gasteiger partial charge on any atom is -0.493 e. The van der Waals surface area contributed by atoms with Crippen LogP contribution in [0.1, 0.15) is 19.4 Å². The Morgan fingerprint density at radius 1 is 1.33 bits per heavy atom. The fourth-order valence-corrected chi connectivity index (χ4v) is 2.02. The Labute approximate surface area is 108 Å². The summed E-state index contributed by atoms with van der Waals surface area (Å²) in [5.41, 5.74) is 6.35. The van der Waals surface area contributed by atoms with Crippen LogP contribution < -0.4 is 15.2 Å². The van der Waals surface area contributed by atoms with Gasteiger partial charge in [0, 0.05) is 6.26 Å². The lowest BCUT2D eigenvalue weighted by atomic mass is 10.1. The molecule has 0 radical (unpaired) electrons. The molecule has 0 aromatic heterocycles. The zero-order valence-electron chi connectivity index (χ0n) is 11.1. The molecule has 1 aromatic rings. The first-order valence-corrected chi connectivity index (χ1v) is 7.43. The van der Waals surface area contributed by atoms with Gasteiger partial charge in [0.05, 0.1) is 13.7 Å². The molecule has 0 spiro atoms. The van der Waals surface area contributed by atoms with E-state index < -0.39 is 14.7 Å². The van der Waals surface area contributed by atoms with Gasteiger partial charge in [0.25, 0.3) is 0 Å². The Hall–Kier alpha value is -1.27. The predicted octanol–water partition coefficient (Wildman–Crippen LogP) is 1.27. The second kappa shape index (κ2) is 5.16. The maximum atomic E-state index is 11.7. The Balaban J connectivity index is 3.32. The van der Waals surface area contributed by atoms with Crippen molar-refractivity contribution in [1.29, 1.82) is 0 Å². The number of nitrogens with two attached hydrogens (primary N) is 1. The van der Waals surface area contributed by atoms with Crippen LogP contribution in [0.5, 0.6) is 11.5 Å². The van der Waals surface area contributed by atoms with Crippen LogP contribution in [0, 0.1) is 0 Å². The molecule has 0 amide bonds. The van der Waals surface area contributed by atoms with Crippen LogP contribution in [0.4, 0.5) is 0 Å². The van der Waals surface area contributed by atoms with E-state index in [1.165, 1.54) is 14.0 Å². The van der Waals surface area contributed by atoms with Crippen LogP contribution in [0.2, 0.25) is 0 Å². The maximum absolute atomic E-state index is 11.7. The highest BCUT2D eigenvalue weighted by atomic mass is 32.2. The molecule has 0 aliphatic carbocycles. The van der Waals surface area contributed by atoms with Gasteiger partial charge in [-0.25, -0.2) is 8.42 Å². The van der Waals surface area contributed by atoms with Crippen LogP contribution in [0.3, 0.4) is 0 Å². The van der Waals surface area contributed by atoms with Gasteiger partial charge in [0.15, 0.2) is 21.3 Å². The standard InChI is InChI=1S/C12H19NO4S/c1-5-17-11-8-9(6-7-10(11)16-3)12(2,13)18(4,14)15/h6-8H,5,13H2,1-4H3. The molecule has 0 saturated carbocycles. The Morgan fingerprint density at radius 3 is 2.39 bits per heavy atom. The largest absolute Gasteiger partial charge is 0.493 e. The van der Waals surface area contributed by atoms with Crippen molar-refractivity contribution >= 4 is 9.84 Å². The molecule has 2 N–H and O–H groups in total. The van der Waals surface area contributed by atoms with Gasteiger partial charge in [-0.05, 0) is 31.5 Å². The summed E-state index contributed by atoms with van der Waals surface area (Å²) in [6.45, 7) is 3.75. The van der Waals surface area contributed by atoms with Crippen LogP contribution in [-0.2, 0) is 14.7 Å². The van der Waals surface area contributed by atoms with Gasteiger partial charge in [-0.3, -0.25) is 0 Å². The highest BCUT2D eigenvalue weighted by Crippen LogP contribution is 2.33. The monoisotopic (exact) mass is 273 g/mol.